The second-order valence-corrected chi connectivity index (χ2v) is 3.80. The molecule has 1 fully saturated rings. The maximum atomic E-state index is 11.3. The molecule has 0 bridgehead atoms. The average molecular weight is 196 g/mol. The maximum absolute atomic E-state index is 11.3. The summed E-state index contributed by atoms with van der Waals surface area (Å²) in [7, 11) is 0. The third kappa shape index (κ3) is 2.03. The fourth-order valence-electron chi connectivity index (χ4n) is 1.85. The van der Waals surface area contributed by atoms with Crippen molar-refractivity contribution in [2.24, 2.45) is 17.8 Å². The van der Waals surface area contributed by atoms with Crippen molar-refractivity contribution in [3.63, 3.8) is 0 Å². The second-order valence-electron chi connectivity index (χ2n) is 3.80. The molecule has 0 amide bonds. The third-order valence-corrected chi connectivity index (χ3v) is 2.94. The standard InChI is InChI=1S/C11H16O3/c1-4-7(3)8(5-2)9-6-10(12)14-11(9)13/h5,7-9H,2,4,6H2,1,3H3. The lowest BCUT2D eigenvalue weighted by Gasteiger charge is -2.22. The van der Waals surface area contributed by atoms with Crippen molar-refractivity contribution in [2.75, 3.05) is 0 Å². The highest BCUT2D eigenvalue weighted by molar-refractivity contribution is 5.94. The monoisotopic (exact) mass is 196 g/mol. The van der Waals surface area contributed by atoms with E-state index in [1.165, 1.54) is 0 Å². The SMILES string of the molecule is C=CC(C(C)CC)C1CC(=O)OC1=O. The number of ether oxygens (including phenoxy) is 1. The van der Waals surface area contributed by atoms with Crippen LogP contribution in [0, 0.1) is 17.8 Å². The molecule has 0 aromatic carbocycles. The highest BCUT2D eigenvalue weighted by atomic mass is 16.6. The van der Waals surface area contributed by atoms with Gasteiger partial charge in [-0.3, -0.25) is 9.59 Å². The number of rotatable bonds is 4. The van der Waals surface area contributed by atoms with Crippen LogP contribution in [-0.4, -0.2) is 11.9 Å². The van der Waals surface area contributed by atoms with Crippen LogP contribution in [-0.2, 0) is 14.3 Å². The van der Waals surface area contributed by atoms with Crippen molar-refractivity contribution >= 4 is 11.9 Å². The number of carbonyl (C=O) groups excluding carboxylic acids is 2. The molecule has 0 aromatic heterocycles. The van der Waals surface area contributed by atoms with Gasteiger partial charge in [0.1, 0.15) is 0 Å². The van der Waals surface area contributed by atoms with Crippen LogP contribution in [0.15, 0.2) is 12.7 Å². The van der Waals surface area contributed by atoms with Gasteiger partial charge in [-0.05, 0) is 11.8 Å². The number of cyclic esters (lactones) is 2. The molecule has 1 heterocycles. The Morgan fingerprint density at radius 2 is 2.29 bits per heavy atom. The summed E-state index contributed by atoms with van der Waals surface area (Å²) in [5.41, 5.74) is 0. The van der Waals surface area contributed by atoms with E-state index in [9.17, 15) is 9.59 Å². The first kappa shape index (κ1) is 11.0. The van der Waals surface area contributed by atoms with Crippen LogP contribution in [0.25, 0.3) is 0 Å². The van der Waals surface area contributed by atoms with Gasteiger partial charge in [0.15, 0.2) is 0 Å². The van der Waals surface area contributed by atoms with Gasteiger partial charge in [0.05, 0.1) is 12.3 Å². The lowest BCUT2D eigenvalue weighted by Crippen LogP contribution is -2.23. The minimum Gasteiger partial charge on any atom is -0.393 e. The molecule has 3 nitrogen and oxygen atoms in total. The number of hydrogen-bond donors (Lipinski definition) is 0. The van der Waals surface area contributed by atoms with Crippen molar-refractivity contribution in [3.8, 4) is 0 Å². The minimum absolute atomic E-state index is 0.0546. The Kier molecular flexibility index (Phi) is 3.44. The van der Waals surface area contributed by atoms with Crippen LogP contribution < -0.4 is 0 Å². The zero-order chi connectivity index (χ0) is 10.7. The van der Waals surface area contributed by atoms with Crippen LogP contribution in [0.5, 0.6) is 0 Å². The Morgan fingerprint density at radius 1 is 1.64 bits per heavy atom. The Balaban J connectivity index is 2.74. The van der Waals surface area contributed by atoms with E-state index in [0.29, 0.717) is 5.92 Å². The molecule has 1 rings (SSSR count). The summed E-state index contributed by atoms with van der Waals surface area (Å²) in [6, 6.07) is 0. The van der Waals surface area contributed by atoms with Gasteiger partial charge in [0.2, 0.25) is 0 Å². The molecule has 14 heavy (non-hydrogen) atoms. The third-order valence-electron chi connectivity index (χ3n) is 2.94. The zero-order valence-corrected chi connectivity index (χ0v) is 8.66. The normalized spacial score (nSPS) is 25.7. The van der Waals surface area contributed by atoms with E-state index >= 15 is 0 Å². The first-order chi connectivity index (χ1) is 6.60. The van der Waals surface area contributed by atoms with Crippen LogP contribution in [0.3, 0.4) is 0 Å². The summed E-state index contributed by atoms with van der Waals surface area (Å²) in [5.74, 6) is -0.694. The topological polar surface area (TPSA) is 43.4 Å². The van der Waals surface area contributed by atoms with Crippen molar-refractivity contribution in [1.82, 2.24) is 0 Å². The van der Waals surface area contributed by atoms with E-state index in [4.69, 9.17) is 0 Å². The summed E-state index contributed by atoms with van der Waals surface area (Å²) in [5, 5.41) is 0. The van der Waals surface area contributed by atoms with E-state index in [1.54, 1.807) is 6.08 Å². The van der Waals surface area contributed by atoms with E-state index in [0.717, 1.165) is 6.42 Å². The summed E-state index contributed by atoms with van der Waals surface area (Å²) in [4.78, 5) is 22.2. The first-order valence-corrected chi connectivity index (χ1v) is 4.97. The van der Waals surface area contributed by atoms with Crippen LogP contribution in [0.2, 0.25) is 0 Å². The van der Waals surface area contributed by atoms with Crippen LogP contribution >= 0.6 is 0 Å². The molecule has 0 N–H and O–H groups in total. The van der Waals surface area contributed by atoms with Crippen LogP contribution in [0.4, 0.5) is 0 Å². The average Bonchev–Trinajstić information content (AvgIpc) is 2.47. The zero-order valence-electron chi connectivity index (χ0n) is 8.66. The number of allylic oxidation sites excluding steroid dienone is 1. The van der Waals surface area contributed by atoms with E-state index < -0.39 is 5.97 Å². The van der Waals surface area contributed by atoms with Crippen molar-refractivity contribution in [2.45, 2.75) is 26.7 Å². The molecule has 1 saturated heterocycles. The number of carbonyl (C=O) groups is 2. The molecule has 78 valence electrons. The molecule has 1 aliphatic rings. The van der Waals surface area contributed by atoms with Gasteiger partial charge in [0.25, 0.3) is 0 Å². The fraction of sp³-hybridized carbons (Fsp3) is 0.636. The molecule has 0 saturated carbocycles. The number of hydrogen-bond acceptors (Lipinski definition) is 3. The highest BCUT2D eigenvalue weighted by Gasteiger charge is 2.39. The largest absolute Gasteiger partial charge is 0.393 e. The van der Waals surface area contributed by atoms with Crippen molar-refractivity contribution in [1.29, 1.82) is 0 Å². The highest BCUT2D eigenvalue weighted by Crippen LogP contribution is 2.31. The molecule has 3 atom stereocenters. The Hall–Kier alpha value is -1.12. The van der Waals surface area contributed by atoms with Crippen molar-refractivity contribution in [3.05, 3.63) is 12.7 Å². The molecular weight excluding hydrogens is 180 g/mol. The summed E-state index contributed by atoms with van der Waals surface area (Å²) >= 11 is 0. The van der Waals surface area contributed by atoms with Crippen molar-refractivity contribution < 1.29 is 14.3 Å². The van der Waals surface area contributed by atoms with Crippen LogP contribution in [0.1, 0.15) is 26.7 Å². The minimum atomic E-state index is -0.407. The molecule has 0 spiro atoms. The Labute approximate surface area is 84.1 Å². The van der Waals surface area contributed by atoms with Gasteiger partial charge in [-0.15, -0.1) is 6.58 Å². The predicted octanol–water partition coefficient (Wildman–Crippen LogP) is 1.92. The van der Waals surface area contributed by atoms with E-state index in [1.807, 2.05) is 0 Å². The smallest absolute Gasteiger partial charge is 0.317 e. The maximum Gasteiger partial charge on any atom is 0.317 e. The van der Waals surface area contributed by atoms with Gasteiger partial charge in [-0.1, -0.05) is 26.3 Å². The number of esters is 2. The van der Waals surface area contributed by atoms with Gasteiger partial charge < -0.3 is 4.74 Å². The predicted molar refractivity (Wildman–Crippen MR) is 52.3 cm³/mol. The fourth-order valence-corrected chi connectivity index (χ4v) is 1.85. The van der Waals surface area contributed by atoms with Gasteiger partial charge in [0, 0.05) is 0 Å². The van der Waals surface area contributed by atoms with E-state index in [-0.39, 0.29) is 24.2 Å². The van der Waals surface area contributed by atoms with E-state index in [2.05, 4.69) is 25.2 Å². The summed E-state index contributed by atoms with van der Waals surface area (Å²) in [6.45, 7) is 7.83. The Bertz CT molecular complexity index is 257. The summed E-state index contributed by atoms with van der Waals surface area (Å²) in [6.07, 6.45) is 2.94. The lowest BCUT2D eigenvalue weighted by atomic mass is 9.80. The molecule has 0 aliphatic carbocycles. The second kappa shape index (κ2) is 4.40. The summed E-state index contributed by atoms with van der Waals surface area (Å²) < 4.78 is 4.53. The molecular formula is C11H16O3. The molecule has 3 heteroatoms. The molecule has 1 aliphatic heterocycles. The lowest BCUT2D eigenvalue weighted by molar-refractivity contribution is -0.153. The van der Waals surface area contributed by atoms with Gasteiger partial charge >= 0.3 is 11.9 Å². The molecule has 0 radical (unpaired) electrons. The Morgan fingerprint density at radius 3 is 2.64 bits per heavy atom. The molecule has 0 aromatic rings. The quantitative estimate of drug-likeness (QED) is 0.392. The molecule has 3 unspecified atom stereocenters. The van der Waals surface area contributed by atoms with Gasteiger partial charge in [-0.25, -0.2) is 0 Å². The first-order valence-electron chi connectivity index (χ1n) is 4.97. The van der Waals surface area contributed by atoms with Gasteiger partial charge in [-0.2, -0.15) is 0 Å².